The second-order valence-corrected chi connectivity index (χ2v) is 5.91. The highest BCUT2D eigenvalue weighted by Gasteiger charge is 2.48. The Labute approximate surface area is 163 Å². The minimum atomic E-state index is -5.02. The maximum Gasteiger partial charge on any atom is 0.431 e. The SMILES string of the molecule is CCOC(=O)C1=C(C(F)(F)F)NC(C)=C(C(=O)OC)C1c1ccccc1[N+](=O)[O-]. The molecule has 156 valence electrons. The number of alkyl halides is 3. The van der Waals surface area contributed by atoms with E-state index in [4.69, 9.17) is 4.74 Å². The number of benzene rings is 1. The van der Waals surface area contributed by atoms with Crippen LogP contribution in [-0.2, 0) is 19.1 Å². The highest BCUT2D eigenvalue weighted by atomic mass is 19.4. The highest BCUT2D eigenvalue weighted by Crippen LogP contribution is 2.45. The molecule has 1 atom stereocenters. The Morgan fingerprint density at radius 1 is 1.21 bits per heavy atom. The third kappa shape index (κ3) is 4.23. The lowest BCUT2D eigenvalue weighted by atomic mass is 9.79. The molecule has 1 aromatic carbocycles. The summed E-state index contributed by atoms with van der Waals surface area (Å²) in [7, 11) is 1.01. The van der Waals surface area contributed by atoms with E-state index in [0.717, 1.165) is 13.2 Å². The van der Waals surface area contributed by atoms with Crippen molar-refractivity contribution in [2.24, 2.45) is 0 Å². The van der Waals surface area contributed by atoms with Gasteiger partial charge in [0, 0.05) is 17.3 Å². The smallest absolute Gasteiger partial charge is 0.431 e. The molecule has 11 heteroatoms. The number of ether oxygens (including phenoxy) is 2. The zero-order chi connectivity index (χ0) is 21.9. The summed E-state index contributed by atoms with van der Waals surface area (Å²) in [5.41, 5.74) is -3.86. The molecule has 0 bridgehead atoms. The number of dihydropyridines is 1. The first kappa shape index (κ1) is 21.9. The molecular weight excluding hydrogens is 397 g/mol. The minimum Gasteiger partial charge on any atom is -0.466 e. The third-order valence-corrected chi connectivity index (χ3v) is 4.19. The predicted molar refractivity (Wildman–Crippen MR) is 93.4 cm³/mol. The number of nitro benzene ring substituents is 1. The van der Waals surface area contributed by atoms with Gasteiger partial charge in [0.25, 0.3) is 5.69 Å². The van der Waals surface area contributed by atoms with E-state index < -0.39 is 45.9 Å². The number of hydrogen-bond donors (Lipinski definition) is 1. The lowest BCUT2D eigenvalue weighted by Gasteiger charge is -2.31. The van der Waals surface area contributed by atoms with Gasteiger partial charge < -0.3 is 14.8 Å². The van der Waals surface area contributed by atoms with Crippen molar-refractivity contribution in [1.82, 2.24) is 5.32 Å². The number of esters is 2. The average Bonchev–Trinajstić information content (AvgIpc) is 2.65. The summed E-state index contributed by atoms with van der Waals surface area (Å²) in [6.45, 7) is 2.33. The van der Waals surface area contributed by atoms with Gasteiger partial charge in [0.1, 0.15) is 5.70 Å². The van der Waals surface area contributed by atoms with Crippen LogP contribution in [0.25, 0.3) is 0 Å². The molecule has 0 saturated carbocycles. The number of para-hydroxylation sites is 1. The monoisotopic (exact) mass is 414 g/mol. The number of rotatable bonds is 5. The molecular formula is C18H17F3N2O6. The van der Waals surface area contributed by atoms with Gasteiger partial charge in [0.2, 0.25) is 0 Å². The van der Waals surface area contributed by atoms with E-state index in [-0.39, 0.29) is 23.4 Å². The summed E-state index contributed by atoms with van der Waals surface area (Å²) in [5.74, 6) is -4.12. The van der Waals surface area contributed by atoms with Crippen molar-refractivity contribution in [1.29, 1.82) is 0 Å². The fraction of sp³-hybridized carbons (Fsp3) is 0.333. The van der Waals surface area contributed by atoms with Crippen molar-refractivity contribution in [2.45, 2.75) is 25.9 Å². The molecule has 1 aliphatic heterocycles. The van der Waals surface area contributed by atoms with Crippen LogP contribution in [0, 0.1) is 10.1 Å². The van der Waals surface area contributed by atoms with Gasteiger partial charge in [-0.2, -0.15) is 13.2 Å². The Bertz CT molecular complexity index is 920. The van der Waals surface area contributed by atoms with Crippen molar-refractivity contribution < 1.29 is 37.2 Å². The van der Waals surface area contributed by atoms with Crippen molar-refractivity contribution in [3.8, 4) is 0 Å². The number of methoxy groups -OCH3 is 1. The van der Waals surface area contributed by atoms with E-state index in [9.17, 15) is 32.9 Å². The van der Waals surface area contributed by atoms with Crippen LogP contribution < -0.4 is 5.32 Å². The molecule has 29 heavy (non-hydrogen) atoms. The molecule has 1 unspecified atom stereocenters. The molecule has 0 aliphatic carbocycles. The molecule has 1 N–H and O–H groups in total. The number of nitrogens with one attached hydrogen (secondary N) is 1. The second-order valence-electron chi connectivity index (χ2n) is 5.91. The van der Waals surface area contributed by atoms with Gasteiger partial charge in [-0.3, -0.25) is 10.1 Å². The van der Waals surface area contributed by atoms with Crippen LogP contribution in [0.1, 0.15) is 25.3 Å². The lowest BCUT2D eigenvalue weighted by Crippen LogP contribution is -2.38. The van der Waals surface area contributed by atoms with Crippen LogP contribution >= 0.6 is 0 Å². The van der Waals surface area contributed by atoms with Gasteiger partial charge in [-0.1, -0.05) is 18.2 Å². The van der Waals surface area contributed by atoms with E-state index >= 15 is 0 Å². The quantitative estimate of drug-likeness (QED) is 0.448. The van der Waals surface area contributed by atoms with Crippen molar-refractivity contribution in [3.05, 3.63) is 62.5 Å². The minimum absolute atomic E-state index is 0.243. The molecule has 2 rings (SSSR count). The maximum absolute atomic E-state index is 13.7. The van der Waals surface area contributed by atoms with Crippen LogP contribution in [0.4, 0.5) is 18.9 Å². The number of nitro groups is 1. The molecule has 0 radical (unpaired) electrons. The Morgan fingerprint density at radius 3 is 2.34 bits per heavy atom. The highest BCUT2D eigenvalue weighted by molar-refractivity contribution is 6.00. The molecule has 8 nitrogen and oxygen atoms in total. The normalized spacial score (nSPS) is 17.0. The Hall–Kier alpha value is -3.37. The Balaban J connectivity index is 2.93. The fourth-order valence-electron chi connectivity index (χ4n) is 3.07. The van der Waals surface area contributed by atoms with Crippen molar-refractivity contribution >= 4 is 17.6 Å². The summed E-state index contributed by atoms with van der Waals surface area (Å²) in [6.07, 6.45) is -5.02. The van der Waals surface area contributed by atoms with Crippen LogP contribution in [0.5, 0.6) is 0 Å². The van der Waals surface area contributed by atoms with Gasteiger partial charge in [0.15, 0.2) is 0 Å². The van der Waals surface area contributed by atoms with Gasteiger partial charge >= 0.3 is 18.1 Å². The summed E-state index contributed by atoms with van der Waals surface area (Å²) in [4.78, 5) is 35.6. The maximum atomic E-state index is 13.7. The number of halogens is 3. The first-order valence-electron chi connectivity index (χ1n) is 8.32. The number of nitrogens with zero attached hydrogens (tertiary/aromatic N) is 1. The van der Waals surface area contributed by atoms with Gasteiger partial charge in [-0.25, -0.2) is 9.59 Å². The molecule has 1 heterocycles. The first-order valence-corrected chi connectivity index (χ1v) is 8.32. The Morgan fingerprint density at radius 2 is 1.83 bits per heavy atom. The predicted octanol–water partition coefficient (Wildman–Crippen LogP) is 3.11. The van der Waals surface area contributed by atoms with Crippen LogP contribution in [0.15, 0.2) is 46.8 Å². The Kier molecular flexibility index (Phi) is 6.30. The van der Waals surface area contributed by atoms with Crippen molar-refractivity contribution in [3.63, 3.8) is 0 Å². The summed E-state index contributed by atoms with van der Waals surface area (Å²) in [6, 6.07) is 4.91. The number of carbonyl (C=O) groups is 2. The van der Waals surface area contributed by atoms with Crippen molar-refractivity contribution in [2.75, 3.05) is 13.7 Å². The lowest BCUT2D eigenvalue weighted by molar-refractivity contribution is -0.385. The van der Waals surface area contributed by atoms with E-state index in [1.165, 1.54) is 32.0 Å². The average molecular weight is 414 g/mol. The zero-order valence-corrected chi connectivity index (χ0v) is 15.6. The number of carbonyl (C=O) groups excluding carboxylic acids is 2. The van der Waals surface area contributed by atoms with Gasteiger partial charge in [-0.15, -0.1) is 0 Å². The zero-order valence-electron chi connectivity index (χ0n) is 15.6. The summed E-state index contributed by atoms with van der Waals surface area (Å²) in [5, 5.41) is 13.5. The second kappa shape index (κ2) is 8.33. The van der Waals surface area contributed by atoms with Crippen LogP contribution in [0.3, 0.4) is 0 Å². The standard InChI is InChI=1S/C18H17F3N2O6/c1-4-29-17(25)14-13(10-7-5-6-8-11(10)23(26)27)12(16(24)28-3)9(2)22-15(14)18(19,20)21/h5-8,13,22H,4H2,1-3H3. The topological polar surface area (TPSA) is 108 Å². The molecule has 0 aromatic heterocycles. The van der Waals surface area contributed by atoms with E-state index in [1.807, 2.05) is 5.32 Å². The molecule has 1 aliphatic rings. The largest absolute Gasteiger partial charge is 0.466 e. The van der Waals surface area contributed by atoms with Crippen LogP contribution in [-0.4, -0.2) is 36.8 Å². The van der Waals surface area contributed by atoms with E-state index in [2.05, 4.69) is 4.74 Å². The first-order chi connectivity index (χ1) is 13.5. The van der Waals surface area contributed by atoms with E-state index in [0.29, 0.717) is 0 Å². The van der Waals surface area contributed by atoms with Gasteiger partial charge in [0.05, 0.1) is 35.7 Å². The summed E-state index contributed by atoms with van der Waals surface area (Å²) >= 11 is 0. The molecule has 0 amide bonds. The van der Waals surface area contributed by atoms with Crippen LogP contribution in [0.2, 0.25) is 0 Å². The molecule has 0 fully saturated rings. The third-order valence-electron chi connectivity index (χ3n) is 4.19. The molecule has 0 saturated heterocycles. The summed E-state index contributed by atoms with van der Waals surface area (Å²) < 4.78 is 50.6. The molecule has 1 aromatic rings. The number of hydrogen-bond acceptors (Lipinski definition) is 7. The number of allylic oxidation sites excluding steroid dienone is 2. The fourth-order valence-corrected chi connectivity index (χ4v) is 3.07. The van der Waals surface area contributed by atoms with Gasteiger partial charge in [-0.05, 0) is 13.8 Å². The van der Waals surface area contributed by atoms with E-state index in [1.54, 1.807) is 0 Å². The molecule has 0 spiro atoms.